The van der Waals surface area contributed by atoms with Crippen LogP contribution in [0.5, 0.6) is 0 Å². The van der Waals surface area contributed by atoms with Gasteiger partial charge in [-0.25, -0.2) is 13.1 Å². The van der Waals surface area contributed by atoms with Gasteiger partial charge in [0.15, 0.2) is 5.76 Å². The van der Waals surface area contributed by atoms with Gasteiger partial charge in [-0.2, -0.15) is 0 Å². The molecule has 124 valence electrons. The van der Waals surface area contributed by atoms with E-state index in [1.165, 1.54) is 0 Å². The van der Waals surface area contributed by atoms with Crippen molar-refractivity contribution in [2.24, 2.45) is 5.92 Å². The average molecular weight is 328 g/mol. The van der Waals surface area contributed by atoms with Crippen molar-refractivity contribution in [2.45, 2.75) is 45.7 Å². The zero-order valence-corrected chi connectivity index (χ0v) is 14.1. The maximum absolute atomic E-state index is 12.6. The average Bonchev–Trinajstić information content (AvgIpc) is 2.83. The van der Waals surface area contributed by atoms with Crippen LogP contribution in [0.1, 0.15) is 49.4 Å². The summed E-state index contributed by atoms with van der Waals surface area (Å²) in [6, 6.07) is 3.45. The molecule has 1 aromatic rings. The number of carbonyl (C=O) groups excluding carboxylic acids is 1. The number of hydrogen-bond donors (Lipinski definition) is 1. The molecule has 0 aliphatic carbocycles. The van der Waals surface area contributed by atoms with E-state index in [0.717, 1.165) is 32.1 Å². The van der Waals surface area contributed by atoms with Crippen LogP contribution in [-0.2, 0) is 16.6 Å². The molecule has 1 N–H and O–H groups in total. The Morgan fingerprint density at radius 1 is 1.36 bits per heavy atom. The first-order chi connectivity index (χ1) is 10.3. The molecule has 2 atom stereocenters. The molecule has 0 radical (unpaired) electrons. The fourth-order valence-electron chi connectivity index (χ4n) is 2.74. The zero-order valence-electron chi connectivity index (χ0n) is 13.3. The van der Waals surface area contributed by atoms with E-state index in [-0.39, 0.29) is 24.3 Å². The number of rotatable bonds is 4. The summed E-state index contributed by atoms with van der Waals surface area (Å²) in [6.45, 7) is 5.00. The van der Waals surface area contributed by atoms with Crippen LogP contribution in [0.15, 0.2) is 16.5 Å². The highest BCUT2D eigenvalue weighted by atomic mass is 32.2. The van der Waals surface area contributed by atoms with Crippen LogP contribution < -0.4 is 4.72 Å². The first kappa shape index (κ1) is 17.0. The Kier molecular flexibility index (Phi) is 5.28. The van der Waals surface area contributed by atoms with Crippen LogP contribution in [0.3, 0.4) is 0 Å². The molecule has 2 heterocycles. The third kappa shape index (κ3) is 4.58. The fraction of sp³-hybridized carbons (Fsp3) is 0.667. The second kappa shape index (κ2) is 6.83. The summed E-state index contributed by atoms with van der Waals surface area (Å²) in [5, 5.41) is 0. The highest BCUT2D eigenvalue weighted by molar-refractivity contribution is 7.88. The van der Waals surface area contributed by atoms with Crippen molar-refractivity contribution in [1.82, 2.24) is 9.62 Å². The molecule has 1 aromatic heterocycles. The Bertz CT molecular complexity index is 623. The summed E-state index contributed by atoms with van der Waals surface area (Å²) in [7, 11) is -3.28. The van der Waals surface area contributed by atoms with Crippen molar-refractivity contribution in [1.29, 1.82) is 0 Å². The fourth-order valence-corrected chi connectivity index (χ4v) is 3.14. The Morgan fingerprint density at radius 2 is 2.09 bits per heavy atom. The second-order valence-electron chi connectivity index (χ2n) is 6.20. The smallest absolute Gasteiger partial charge is 0.289 e. The highest BCUT2D eigenvalue weighted by Gasteiger charge is 2.27. The first-order valence-electron chi connectivity index (χ1n) is 7.60. The standard InChI is InChI=1S/C15H24N2O4S/c1-11-5-4-6-12(2)17(10-11)15(18)14-8-7-13(21-14)9-16-22(3,19)20/h7-8,11-12,16H,4-6,9-10H2,1-3H3/t11-,12+/m0/s1. The van der Waals surface area contributed by atoms with Crippen LogP contribution in [0, 0.1) is 5.92 Å². The molecule has 1 aliphatic heterocycles. The highest BCUT2D eigenvalue weighted by Crippen LogP contribution is 2.23. The van der Waals surface area contributed by atoms with E-state index in [2.05, 4.69) is 18.6 Å². The van der Waals surface area contributed by atoms with Crippen LogP contribution in [-0.4, -0.2) is 38.1 Å². The van der Waals surface area contributed by atoms with E-state index in [1.54, 1.807) is 12.1 Å². The lowest BCUT2D eigenvalue weighted by Crippen LogP contribution is -2.39. The molecule has 1 amide bonds. The predicted molar refractivity (Wildman–Crippen MR) is 83.9 cm³/mol. The lowest BCUT2D eigenvalue weighted by Gasteiger charge is -2.27. The van der Waals surface area contributed by atoms with Crippen LogP contribution in [0.25, 0.3) is 0 Å². The van der Waals surface area contributed by atoms with Crippen molar-refractivity contribution in [2.75, 3.05) is 12.8 Å². The molecule has 0 saturated carbocycles. The molecule has 1 aliphatic rings. The minimum Gasteiger partial charge on any atom is -0.455 e. The van der Waals surface area contributed by atoms with Crippen molar-refractivity contribution in [3.8, 4) is 0 Å². The van der Waals surface area contributed by atoms with Crippen LogP contribution >= 0.6 is 0 Å². The van der Waals surface area contributed by atoms with E-state index in [0.29, 0.717) is 11.7 Å². The molecule has 22 heavy (non-hydrogen) atoms. The Morgan fingerprint density at radius 3 is 2.77 bits per heavy atom. The molecule has 7 heteroatoms. The number of amides is 1. The summed E-state index contributed by atoms with van der Waals surface area (Å²) in [5.41, 5.74) is 0. The monoisotopic (exact) mass is 328 g/mol. The summed E-state index contributed by atoms with van der Waals surface area (Å²) in [5.74, 6) is 1.07. The van der Waals surface area contributed by atoms with Gasteiger partial charge in [0.1, 0.15) is 5.76 Å². The first-order valence-corrected chi connectivity index (χ1v) is 9.49. The van der Waals surface area contributed by atoms with Crippen molar-refractivity contribution in [3.63, 3.8) is 0 Å². The van der Waals surface area contributed by atoms with Gasteiger partial charge in [0.25, 0.3) is 5.91 Å². The predicted octanol–water partition coefficient (Wildman–Crippen LogP) is 1.98. The van der Waals surface area contributed by atoms with Gasteiger partial charge in [0.2, 0.25) is 10.0 Å². The van der Waals surface area contributed by atoms with E-state index in [4.69, 9.17) is 4.42 Å². The second-order valence-corrected chi connectivity index (χ2v) is 8.03. The minimum atomic E-state index is -3.28. The Balaban J connectivity index is 2.07. The summed E-state index contributed by atoms with van der Waals surface area (Å²) >= 11 is 0. The number of furan rings is 1. The van der Waals surface area contributed by atoms with Gasteiger partial charge in [0.05, 0.1) is 12.8 Å². The van der Waals surface area contributed by atoms with Crippen LogP contribution in [0.4, 0.5) is 0 Å². The van der Waals surface area contributed by atoms with Crippen molar-refractivity contribution in [3.05, 3.63) is 23.7 Å². The molecular weight excluding hydrogens is 304 g/mol. The molecule has 0 bridgehead atoms. The normalized spacial score (nSPS) is 23.3. The SMILES string of the molecule is C[C@H]1CCC[C@@H](C)N(C(=O)c2ccc(CNS(C)(=O)=O)o2)C1. The topological polar surface area (TPSA) is 79.6 Å². The molecule has 6 nitrogen and oxygen atoms in total. The lowest BCUT2D eigenvalue weighted by molar-refractivity contribution is 0.0643. The quantitative estimate of drug-likeness (QED) is 0.916. The van der Waals surface area contributed by atoms with Crippen molar-refractivity contribution >= 4 is 15.9 Å². The van der Waals surface area contributed by atoms with E-state index in [9.17, 15) is 13.2 Å². The van der Waals surface area contributed by atoms with Gasteiger partial charge < -0.3 is 9.32 Å². The van der Waals surface area contributed by atoms with E-state index in [1.807, 2.05) is 4.90 Å². The maximum atomic E-state index is 12.6. The number of likely N-dealkylation sites (tertiary alicyclic amines) is 1. The Labute approximate surface area is 131 Å². The molecule has 2 rings (SSSR count). The van der Waals surface area contributed by atoms with Gasteiger partial charge >= 0.3 is 0 Å². The van der Waals surface area contributed by atoms with Gasteiger partial charge in [-0.15, -0.1) is 0 Å². The summed E-state index contributed by atoms with van der Waals surface area (Å²) in [4.78, 5) is 14.5. The Hall–Kier alpha value is -1.34. The summed E-state index contributed by atoms with van der Waals surface area (Å²) < 4.78 is 30.0. The number of carbonyl (C=O) groups is 1. The third-order valence-electron chi connectivity index (χ3n) is 4.00. The maximum Gasteiger partial charge on any atom is 0.289 e. The minimum absolute atomic E-state index is 0.0536. The van der Waals surface area contributed by atoms with E-state index >= 15 is 0 Å². The lowest BCUT2D eigenvalue weighted by atomic mass is 10.1. The molecular formula is C15H24N2O4S. The van der Waals surface area contributed by atoms with E-state index < -0.39 is 10.0 Å². The zero-order chi connectivity index (χ0) is 16.3. The third-order valence-corrected chi connectivity index (χ3v) is 4.67. The number of nitrogens with zero attached hydrogens (tertiary/aromatic N) is 1. The molecule has 0 spiro atoms. The molecule has 0 aromatic carbocycles. The van der Waals surface area contributed by atoms with Gasteiger partial charge in [-0.3, -0.25) is 4.79 Å². The number of nitrogens with one attached hydrogen (secondary N) is 1. The number of sulfonamides is 1. The summed E-state index contributed by atoms with van der Waals surface area (Å²) in [6.07, 6.45) is 4.35. The van der Waals surface area contributed by atoms with Crippen molar-refractivity contribution < 1.29 is 17.6 Å². The van der Waals surface area contributed by atoms with Gasteiger partial charge in [-0.1, -0.05) is 13.3 Å². The molecule has 0 unspecified atom stereocenters. The van der Waals surface area contributed by atoms with Crippen LogP contribution in [0.2, 0.25) is 0 Å². The number of hydrogen-bond acceptors (Lipinski definition) is 4. The molecule has 1 fully saturated rings. The van der Waals surface area contributed by atoms with Gasteiger partial charge in [-0.05, 0) is 37.8 Å². The largest absolute Gasteiger partial charge is 0.455 e. The molecule has 1 saturated heterocycles. The van der Waals surface area contributed by atoms with Gasteiger partial charge in [0, 0.05) is 12.6 Å².